The monoisotopic (exact) mass is 518 g/mol. The lowest BCUT2D eigenvalue weighted by atomic mass is 10.1. The molecule has 2 amide bonds. The Balaban J connectivity index is 1.34. The molecular weight excluding hydrogens is 494 g/mol. The number of benzene rings is 2. The third-order valence-corrected chi connectivity index (χ3v) is 6.04. The third-order valence-electron chi connectivity index (χ3n) is 6.04. The van der Waals surface area contributed by atoms with Crippen LogP contribution >= 0.6 is 0 Å². The van der Waals surface area contributed by atoms with Crippen LogP contribution in [0.2, 0.25) is 0 Å². The molecule has 0 atom stereocenters. The van der Waals surface area contributed by atoms with Crippen molar-refractivity contribution in [2.24, 2.45) is 0 Å². The van der Waals surface area contributed by atoms with E-state index in [1.807, 2.05) is 0 Å². The topological polar surface area (TPSA) is 101 Å². The van der Waals surface area contributed by atoms with Gasteiger partial charge in [-0.1, -0.05) is 6.07 Å². The zero-order valence-electron chi connectivity index (χ0n) is 20.4. The number of pyridine rings is 1. The van der Waals surface area contributed by atoms with E-state index in [1.54, 1.807) is 24.0 Å². The molecule has 2 N–H and O–H groups in total. The lowest BCUT2D eigenvalue weighted by Gasteiger charge is -2.30. The fraction of sp³-hybridized carbons (Fsp3) is 0.185. The number of anilines is 3. The van der Waals surface area contributed by atoms with Crippen LogP contribution in [0.3, 0.4) is 0 Å². The quantitative estimate of drug-likeness (QED) is 0.341. The normalized spacial score (nSPS) is 12.6. The van der Waals surface area contributed by atoms with E-state index in [0.29, 0.717) is 30.9 Å². The van der Waals surface area contributed by atoms with E-state index in [9.17, 15) is 14.0 Å². The summed E-state index contributed by atoms with van der Waals surface area (Å²) in [6.07, 6.45) is 3.79. The van der Waals surface area contributed by atoms with Gasteiger partial charge in [-0.15, -0.1) is 0 Å². The second-order valence-corrected chi connectivity index (χ2v) is 8.57. The molecule has 4 aromatic rings. The maximum Gasteiger partial charge on any atom is 0.323 e. The molecular formula is C27H24F2N6O3. The largest absolute Gasteiger partial charge is 0.454 e. The maximum atomic E-state index is 15.0. The number of urea groups is 1. The number of nitrogens with zero attached hydrogens (tertiary/aromatic N) is 4. The molecule has 1 aliphatic rings. The standard InChI is InChI=1S/C27H24F2N6O3/c1-2-35-25(36)21(16-31-26(35)32-19-7-5-18(28)6-8-19)17-4-9-23(22(29)14-17)38-20-10-11-30-24(15-20)33-27(37)34-12-3-13-34/h4-11,14-16H,2-3,12-13H2,1H3,(H,31,32)(H,30,33,37). The van der Waals surface area contributed by atoms with Gasteiger partial charge in [0.15, 0.2) is 11.6 Å². The molecule has 1 saturated heterocycles. The number of carbonyl (C=O) groups is 1. The molecule has 0 unspecified atom stereocenters. The van der Waals surface area contributed by atoms with E-state index >= 15 is 4.39 Å². The number of hydrogen-bond donors (Lipinski definition) is 2. The molecule has 0 radical (unpaired) electrons. The predicted molar refractivity (Wildman–Crippen MR) is 139 cm³/mol. The fourth-order valence-electron chi connectivity index (χ4n) is 3.87. The summed E-state index contributed by atoms with van der Waals surface area (Å²) in [5.74, 6) is -0.254. The first-order valence-electron chi connectivity index (χ1n) is 12.0. The first kappa shape index (κ1) is 24.9. The molecule has 2 aromatic heterocycles. The fourth-order valence-corrected chi connectivity index (χ4v) is 3.87. The Kier molecular flexibility index (Phi) is 6.98. The number of halogens is 2. The Bertz CT molecular complexity index is 1540. The Hall–Kier alpha value is -4.80. The number of nitrogens with one attached hydrogen (secondary N) is 2. The number of likely N-dealkylation sites (tertiary alicyclic amines) is 1. The van der Waals surface area contributed by atoms with Crippen molar-refractivity contribution in [3.8, 4) is 22.6 Å². The zero-order chi connectivity index (χ0) is 26.6. The van der Waals surface area contributed by atoms with Crippen molar-refractivity contribution >= 4 is 23.5 Å². The maximum absolute atomic E-state index is 15.0. The molecule has 1 aliphatic heterocycles. The average Bonchev–Trinajstić information content (AvgIpc) is 2.86. The molecule has 2 aromatic carbocycles. The molecule has 3 heterocycles. The first-order valence-corrected chi connectivity index (χ1v) is 12.0. The minimum Gasteiger partial charge on any atom is -0.454 e. The van der Waals surface area contributed by atoms with E-state index in [4.69, 9.17) is 4.74 Å². The number of amides is 2. The number of aromatic nitrogens is 3. The summed E-state index contributed by atoms with van der Waals surface area (Å²) in [6, 6.07) is 12.7. The highest BCUT2D eigenvalue weighted by molar-refractivity contribution is 5.88. The van der Waals surface area contributed by atoms with Crippen molar-refractivity contribution in [1.82, 2.24) is 19.4 Å². The summed E-state index contributed by atoms with van der Waals surface area (Å²) in [5.41, 5.74) is 0.749. The van der Waals surface area contributed by atoms with Crippen LogP contribution in [-0.4, -0.2) is 38.6 Å². The predicted octanol–water partition coefficient (Wildman–Crippen LogP) is 5.38. The van der Waals surface area contributed by atoms with Crippen molar-refractivity contribution in [3.05, 3.63) is 89.0 Å². The van der Waals surface area contributed by atoms with Gasteiger partial charge in [-0.3, -0.25) is 14.7 Å². The molecule has 11 heteroatoms. The van der Waals surface area contributed by atoms with Crippen LogP contribution in [0.4, 0.5) is 31.0 Å². The van der Waals surface area contributed by atoms with Crippen molar-refractivity contribution in [1.29, 1.82) is 0 Å². The van der Waals surface area contributed by atoms with Crippen molar-refractivity contribution in [2.75, 3.05) is 23.7 Å². The smallest absolute Gasteiger partial charge is 0.323 e. The number of ether oxygens (including phenoxy) is 1. The number of carbonyl (C=O) groups excluding carboxylic acids is 1. The Morgan fingerprint density at radius 2 is 1.84 bits per heavy atom. The van der Waals surface area contributed by atoms with Crippen molar-refractivity contribution in [2.45, 2.75) is 19.9 Å². The number of rotatable bonds is 7. The summed E-state index contributed by atoms with van der Waals surface area (Å²) in [7, 11) is 0. The van der Waals surface area contributed by atoms with E-state index in [0.717, 1.165) is 6.42 Å². The molecule has 0 bridgehead atoms. The number of hydrogen-bond acceptors (Lipinski definition) is 6. The zero-order valence-corrected chi connectivity index (χ0v) is 20.4. The molecule has 5 rings (SSSR count). The van der Waals surface area contributed by atoms with Gasteiger partial charge in [0.25, 0.3) is 5.56 Å². The van der Waals surface area contributed by atoms with Gasteiger partial charge in [-0.2, -0.15) is 0 Å². The van der Waals surface area contributed by atoms with Crippen LogP contribution in [-0.2, 0) is 6.54 Å². The highest BCUT2D eigenvalue weighted by Gasteiger charge is 2.20. The molecule has 38 heavy (non-hydrogen) atoms. The highest BCUT2D eigenvalue weighted by atomic mass is 19.1. The van der Waals surface area contributed by atoms with Gasteiger partial charge in [0.2, 0.25) is 5.95 Å². The second kappa shape index (κ2) is 10.7. The highest BCUT2D eigenvalue weighted by Crippen LogP contribution is 2.29. The molecule has 1 fully saturated rings. The van der Waals surface area contributed by atoms with Crippen molar-refractivity contribution < 1.29 is 18.3 Å². The lowest BCUT2D eigenvalue weighted by molar-refractivity contribution is 0.181. The van der Waals surface area contributed by atoms with Crippen LogP contribution in [0, 0.1) is 11.6 Å². The van der Waals surface area contributed by atoms with Gasteiger partial charge in [-0.05, 0) is 61.4 Å². The summed E-state index contributed by atoms with van der Waals surface area (Å²) in [5, 5.41) is 5.69. The molecule has 194 valence electrons. The van der Waals surface area contributed by atoms with E-state index < -0.39 is 5.82 Å². The molecule has 0 saturated carbocycles. The van der Waals surface area contributed by atoms with Crippen LogP contribution in [0.5, 0.6) is 11.5 Å². The van der Waals surface area contributed by atoms with Crippen molar-refractivity contribution in [3.63, 3.8) is 0 Å². The minimum atomic E-state index is -0.679. The molecule has 9 nitrogen and oxygen atoms in total. The van der Waals surface area contributed by atoms with Gasteiger partial charge in [0.05, 0.1) is 5.56 Å². The van der Waals surface area contributed by atoms with Gasteiger partial charge in [0, 0.05) is 43.8 Å². The summed E-state index contributed by atoms with van der Waals surface area (Å²) < 4.78 is 35.3. The SMILES string of the molecule is CCn1c(Nc2ccc(F)cc2)ncc(-c2ccc(Oc3ccnc(NC(=O)N4CCC4)c3)c(F)c2)c1=O. The average molecular weight is 519 g/mol. The van der Waals surface area contributed by atoms with Gasteiger partial charge in [0.1, 0.15) is 17.4 Å². The lowest BCUT2D eigenvalue weighted by Crippen LogP contribution is -2.44. The van der Waals surface area contributed by atoms with E-state index in [1.165, 1.54) is 59.4 Å². The molecule has 0 spiro atoms. The Morgan fingerprint density at radius 1 is 1.05 bits per heavy atom. The van der Waals surface area contributed by atoms with Crippen LogP contribution in [0.15, 0.2) is 71.8 Å². The Labute approximate surface area is 216 Å². The minimum absolute atomic E-state index is 0.0571. The van der Waals surface area contributed by atoms with Crippen LogP contribution in [0.25, 0.3) is 11.1 Å². The van der Waals surface area contributed by atoms with E-state index in [-0.39, 0.29) is 46.2 Å². The third kappa shape index (κ3) is 5.31. The van der Waals surface area contributed by atoms with Crippen LogP contribution < -0.4 is 20.9 Å². The van der Waals surface area contributed by atoms with Gasteiger partial charge < -0.3 is 15.0 Å². The van der Waals surface area contributed by atoms with Gasteiger partial charge in [-0.25, -0.2) is 23.5 Å². The summed E-state index contributed by atoms with van der Waals surface area (Å²) >= 11 is 0. The second-order valence-electron chi connectivity index (χ2n) is 8.57. The van der Waals surface area contributed by atoms with Crippen LogP contribution in [0.1, 0.15) is 13.3 Å². The molecule has 0 aliphatic carbocycles. The Morgan fingerprint density at radius 3 is 2.53 bits per heavy atom. The first-order chi connectivity index (χ1) is 18.4. The van der Waals surface area contributed by atoms with Gasteiger partial charge >= 0.3 is 6.03 Å². The summed E-state index contributed by atoms with van der Waals surface area (Å²) in [6.45, 7) is 3.50. The summed E-state index contributed by atoms with van der Waals surface area (Å²) in [4.78, 5) is 35.4. The van der Waals surface area contributed by atoms with E-state index in [2.05, 4.69) is 20.6 Å².